The molecule has 0 aliphatic rings. The summed E-state index contributed by atoms with van der Waals surface area (Å²) in [7, 11) is -4.39. The second-order valence-electron chi connectivity index (χ2n) is 1.64. The minimum Gasteiger partial charge on any atom is -0.351 e. The Morgan fingerprint density at radius 3 is 2.18 bits per heavy atom. The molecule has 0 aliphatic carbocycles. The molecule has 0 atom stereocenters. The summed E-state index contributed by atoms with van der Waals surface area (Å²) in [5.74, 6) is -2.34. The van der Waals surface area contributed by atoms with Crippen molar-refractivity contribution in [3.05, 3.63) is 0 Å². The van der Waals surface area contributed by atoms with Gasteiger partial charge in [0.1, 0.15) is 0 Å². The van der Waals surface area contributed by atoms with Crippen molar-refractivity contribution in [1.82, 2.24) is 5.32 Å². The molecule has 0 aromatic heterocycles. The largest absolute Gasteiger partial charge is 0.351 e. The van der Waals surface area contributed by atoms with Crippen molar-refractivity contribution in [1.29, 1.82) is 0 Å². The number of primary amides is 1. The molecular weight excluding hydrogens is 176 g/mol. The van der Waals surface area contributed by atoms with Gasteiger partial charge in [-0.3, -0.25) is 14.7 Å². The standard InChI is InChI=1S/C3H6N2O5S/c4-3(7)5-2(6)1-11(8,9)10/h1H2,(H,8,9,10)(H3,4,5,6,7). The molecule has 0 heterocycles. The van der Waals surface area contributed by atoms with Crippen LogP contribution in [0.15, 0.2) is 0 Å². The second kappa shape index (κ2) is 3.30. The number of rotatable bonds is 2. The molecule has 0 bridgehead atoms. The van der Waals surface area contributed by atoms with Crippen LogP contribution in [0.4, 0.5) is 4.79 Å². The number of nitrogens with one attached hydrogen (secondary N) is 1. The highest BCUT2D eigenvalue weighted by Gasteiger charge is 2.13. The van der Waals surface area contributed by atoms with Crippen molar-refractivity contribution < 1.29 is 22.6 Å². The summed E-state index contributed by atoms with van der Waals surface area (Å²) >= 11 is 0. The molecule has 0 fully saturated rings. The summed E-state index contributed by atoms with van der Waals surface area (Å²) in [5.41, 5.74) is 4.46. The van der Waals surface area contributed by atoms with Gasteiger partial charge in [0.05, 0.1) is 0 Å². The zero-order chi connectivity index (χ0) is 9.07. The zero-order valence-corrected chi connectivity index (χ0v) is 6.09. The van der Waals surface area contributed by atoms with Crippen LogP contribution in [-0.2, 0) is 14.9 Å². The Morgan fingerprint density at radius 1 is 1.45 bits per heavy atom. The van der Waals surface area contributed by atoms with Crippen LogP contribution in [0.5, 0.6) is 0 Å². The molecule has 0 radical (unpaired) electrons. The molecule has 0 aliphatic heterocycles. The molecule has 3 amide bonds. The number of carbonyl (C=O) groups excluding carboxylic acids is 2. The number of amides is 3. The molecule has 64 valence electrons. The molecule has 0 rings (SSSR count). The summed E-state index contributed by atoms with van der Waals surface area (Å²) in [5, 5.41) is 1.46. The van der Waals surface area contributed by atoms with Gasteiger partial charge in [-0.2, -0.15) is 8.42 Å². The fourth-order valence-electron chi connectivity index (χ4n) is 0.339. The molecule has 7 nitrogen and oxygen atoms in total. The van der Waals surface area contributed by atoms with Crippen molar-refractivity contribution >= 4 is 22.1 Å². The van der Waals surface area contributed by atoms with Gasteiger partial charge in [0.15, 0.2) is 5.75 Å². The van der Waals surface area contributed by atoms with E-state index >= 15 is 0 Å². The first kappa shape index (κ1) is 9.85. The number of nitrogens with two attached hydrogens (primary N) is 1. The van der Waals surface area contributed by atoms with Crippen molar-refractivity contribution in [3.8, 4) is 0 Å². The van der Waals surface area contributed by atoms with Crippen LogP contribution >= 0.6 is 0 Å². The van der Waals surface area contributed by atoms with Crippen molar-refractivity contribution in [2.45, 2.75) is 0 Å². The lowest BCUT2D eigenvalue weighted by Gasteiger charge is -1.96. The van der Waals surface area contributed by atoms with E-state index in [1.165, 1.54) is 5.32 Å². The maximum Gasteiger partial charge on any atom is 0.318 e. The molecule has 0 spiro atoms. The average molecular weight is 182 g/mol. The number of imide groups is 1. The lowest BCUT2D eigenvalue weighted by molar-refractivity contribution is -0.117. The van der Waals surface area contributed by atoms with Crippen LogP contribution < -0.4 is 11.1 Å². The minimum absolute atomic E-state index is 1.17. The van der Waals surface area contributed by atoms with Crippen LogP contribution in [0, 0.1) is 0 Å². The van der Waals surface area contributed by atoms with E-state index in [0.29, 0.717) is 0 Å². The highest BCUT2D eigenvalue weighted by molar-refractivity contribution is 7.86. The van der Waals surface area contributed by atoms with Gasteiger partial charge in [-0.05, 0) is 0 Å². The average Bonchev–Trinajstić information content (AvgIpc) is 1.53. The van der Waals surface area contributed by atoms with Crippen LogP contribution in [0.3, 0.4) is 0 Å². The van der Waals surface area contributed by atoms with Gasteiger partial charge < -0.3 is 5.73 Å². The fourth-order valence-corrected chi connectivity index (χ4v) is 0.743. The predicted octanol–water partition coefficient (Wildman–Crippen LogP) is -1.93. The van der Waals surface area contributed by atoms with E-state index in [0.717, 1.165) is 0 Å². The summed E-state index contributed by atoms with van der Waals surface area (Å²) in [6.45, 7) is 0. The lowest BCUT2D eigenvalue weighted by atomic mass is 10.7. The summed E-state index contributed by atoms with van der Waals surface area (Å²) < 4.78 is 28.0. The maximum absolute atomic E-state index is 10.3. The van der Waals surface area contributed by atoms with E-state index < -0.39 is 27.8 Å². The second-order valence-corrected chi connectivity index (χ2v) is 3.09. The Kier molecular flexibility index (Phi) is 2.96. The van der Waals surface area contributed by atoms with Gasteiger partial charge in [0, 0.05) is 0 Å². The molecule has 0 aromatic carbocycles. The smallest absolute Gasteiger partial charge is 0.318 e. The number of carbonyl (C=O) groups is 2. The monoisotopic (exact) mass is 182 g/mol. The van der Waals surface area contributed by atoms with Crippen LogP contribution in [0.1, 0.15) is 0 Å². The first-order valence-electron chi connectivity index (χ1n) is 2.36. The molecule has 0 aromatic rings. The Labute approximate surface area is 62.3 Å². The highest BCUT2D eigenvalue weighted by Crippen LogP contribution is 1.80. The van der Waals surface area contributed by atoms with Gasteiger partial charge in [0.2, 0.25) is 5.91 Å². The Morgan fingerprint density at radius 2 is 1.91 bits per heavy atom. The van der Waals surface area contributed by atoms with Crippen molar-refractivity contribution in [2.75, 3.05) is 5.75 Å². The fraction of sp³-hybridized carbons (Fsp3) is 0.333. The quantitative estimate of drug-likeness (QED) is 0.428. The van der Waals surface area contributed by atoms with Gasteiger partial charge in [0.25, 0.3) is 10.1 Å². The topological polar surface area (TPSA) is 127 Å². The highest BCUT2D eigenvalue weighted by atomic mass is 32.2. The predicted molar refractivity (Wildman–Crippen MR) is 34.1 cm³/mol. The van der Waals surface area contributed by atoms with Crippen LogP contribution in [-0.4, -0.2) is 30.7 Å². The molecule has 0 unspecified atom stereocenters. The van der Waals surface area contributed by atoms with E-state index in [4.69, 9.17) is 4.55 Å². The van der Waals surface area contributed by atoms with Crippen molar-refractivity contribution in [2.24, 2.45) is 5.73 Å². The Balaban J connectivity index is 4.01. The molecule has 0 saturated carbocycles. The lowest BCUT2D eigenvalue weighted by Crippen LogP contribution is -2.38. The van der Waals surface area contributed by atoms with Crippen LogP contribution in [0.25, 0.3) is 0 Å². The van der Waals surface area contributed by atoms with E-state index in [-0.39, 0.29) is 0 Å². The third-order valence-corrected chi connectivity index (χ3v) is 1.20. The Bertz CT molecular complexity index is 267. The maximum atomic E-state index is 10.3. The van der Waals surface area contributed by atoms with Crippen LogP contribution in [0.2, 0.25) is 0 Å². The van der Waals surface area contributed by atoms with E-state index in [1.807, 2.05) is 0 Å². The first-order chi connectivity index (χ1) is 4.81. The van der Waals surface area contributed by atoms with E-state index in [2.05, 4.69) is 5.73 Å². The number of urea groups is 1. The third-order valence-electron chi connectivity index (χ3n) is 0.576. The number of hydrogen-bond donors (Lipinski definition) is 3. The minimum atomic E-state index is -4.39. The SMILES string of the molecule is NC(=O)NC(=O)CS(=O)(=O)O. The number of hydrogen-bond acceptors (Lipinski definition) is 4. The van der Waals surface area contributed by atoms with Crippen molar-refractivity contribution in [3.63, 3.8) is 0 Å². The molecular formula is C3H6N2O5S. The van der Waals surface area contributed by atoms with E-state index in [9.17, 15) is 18.0 Å². The van der Waals surface area contributed by atoms with Gasteiger partial charge in [-0.1, -0.05) is 0 Å². The first-order valence-corrected chi connectivity index (χ1v) is 3.96. The Hall–Kier alpha value is -1.15. The van der Waals surface area contributed by atoms with Gasteiger partial charge in [-0.25, -0.2) is 4.79 Å². The van der Waals surface area contributed by atoms with E-state index in [1.54, 1.807) is 0 Å². The third kappa shape index (κ3) is 6.74. The summed E-state index contributed by atoms with van der Waals surface area (Å²) in [6, 6.07) is -1.17. The van der Waals surface area contributed by atoms with Gasteiger partial charge in [-0.15, -0.1) is 0 Å². The molecule has 11 heavy (non-hydrogen) atoms. The van der Waals surface area contributed by atoms with Gasteiger partial charge >= 0.3 is 6.03 Å². The molecule has 8 heteroatoms. The zero-order valence-electron chi connectivity index (χ0n) is 5.27. The summed E-state index contributed by atoms with van der Waals surface area (Å²) in [6.07, 6.45) is 0. The molecule has 4 N–H and O–H groups in total. The summed E-state index contributed by atoms with van der Waals surface area (Å²) in [4.78, 5) is 20.2. The molecule has 0 saturated heterocycles. The normalized spacial score (nSPS) is 10.6.